The number of hydrogen-bond acceptors (Lipinski definition) is 3. The van der Waals surface area contributed by atoms with Gasteiger partial charge < -0.3 is 9.64 Å². The lowest BCUT2D eigenvalue weighted by Crippen LogP contribution is -2.23. The van der Waals surface area contributed by atoms with E-state index in [1.807, 2.05) is 42.6 Å². The summed E-state index contributed by atoms with van der Waals surface area (Å²) >= 11 is 0. The van der Waals surface area contributed by atoms with Crippen molar-refractivity contribution in [1.82, 2.24) is 14.7 Å². The number of fused-ring (bicyclic) bond motifs is 1. The molecule has 0 saturated heterocycles. The normalized spacial score (nSPS) is 12.8. The summed E-state index contributed by atoms with van der Waals surface area (Å²) in [6.45, 7) is 0.866. The number of rotatable bonds is 5. The molecule has 0 fully saturated rings. The van der Waals surface area contributed by atoms with Crippen LogP contribution in [0.1, 0.15) is 21.5 Å². The molecule has 0 saturated carbocycles. The summed E-state index contributed by atoms with van der Waals surface area (Å²) in [6.07, 6.45) is 3.58. The van der Waals surface area contributed by atoms with Crippen molar-refractivity contribution in [3.05, 3.63) is 107 Å². The molecular weight excluding hydrogens is 400 g/mol. The number of nitrogens with zero attached hydrogens (tertiary/aromatic N) is 3. The van der Waals surface area contributed by atoms with Crippen molar-refractivity contribution in [2.45, 2.75) is 13.1 Å². The third-order valence-corrected chi connectivity index (χ3v) is 5.12. The highest BCUT2D eigenvalue weighted by Crippen LogP contribution is 2.35. The van der Waals surface area contributed by atoms with Crippen LogP contribution in [-0.2, 0) is 13.1 Å². The maximum absolute atomic E-state index is 13.5. The van der Waals surface area contributed by atoms with E-state index in [9.17, 15) is 13.6 Å². The van der Waals surface area contributed by atoms with Crippen LogP contribution in [0.3, 0.4) is 0 Å². The van der Waals surface area contributed by atoms with Gasteiger partial charge in [-0.25, -0.2) is 13.5 Å². The predicted octanol–water partition coefficient (Wildman–Crippen LogP) is 5.10. The van der Waals surface area contributed by atoms with Crippen LogP contribution in [0.4, 0.5) is 8.78 Å². The summed E-state index contributed by atoms with van der Waals surface area (Å²) < 4.78 is 34.4. The first kappa shape index (κ1) is 19.0. The summed E-state index contributed by atoms with van der Waals surface area (Å²) in [7, 11) is 0. The number of benzene rings is 3. The standard InChI is InChI=1S/C24H17F2N3O2/c25-18-11-19(26)13-21(12-18)31-22-4-1-3-17-15-28(24(30)23(17)22)14-16-5-7-20(8-6-16)29-10-2-9-27-29/h1-13H,14-15H2. The second-order valence-electron chi connectivity index (χ2n) is 7.28. The van der Waals surface area contributed by atoms with Crippen molar-refractivity contribution >= 4 is 5.91 Å². The number of carbonyl (C=O) groups is 1. The first-order valence-corrected chi connectivity index (χ1v) is 9.71. The summed E-state index contributed by atoms with van der Waals surface area (Å²) in [5.74, 6) is -1.38. The molecule has 4 aromatic rings. The van der Waals surface area contributed by atoms with Crippen molar-refractivity contribution in [3.8, 4) is 17.2 Å². The number of ether oxygens (including phenoxy) is 1. The zero-order valence-corrected chi connectivity index (χ0v) is 16.3. The Bertz CT molecular complexity index is 1230. The van der Waals surface area contributed by atoms with Gasteiger partial charge in [-0.15, -0.1) is 0 Å². The van der Waals surface area contributed by atoms with Gasteiger partial charge in [0.15, 0.2) is 0 Å². The second-order valence-corrected chi connectivity index (χ2v) is 7.28. The molecule has 154 valence electrons. The first-order valence-electron chi connectivity index (χ1n) is 9.71. The molecule has 2 heterocycles. The molecule has 0 unspecified atom stereocenters. The van der Waals surface area contributed by atoms with Crippen LogP contribution < -0.4 is 4.74 Å². The van der Waals surface area contributed by atoms with E-state index in [1.165, 1.54) is 0 Å². The van der Waals surface area contributed by atoms with Crippen molar-refractivity contribution < 1.29 is 18.3 Å². The Kier molecular flexibility index (Phi) is 4.71. The molecule has 0 bridgehead atoms. The molecule has 1 aliphatic heterocycles. The lowest BCUT2D eigenvalue weighted by molar-refractivity contribution is 0.0765. The number of carbonyl (C=O) groups excluding carboxylic acids is 1. The van der Waals surface area contributed by atoms with Gasteiger partial charge in [-0.1, -0.05) is 24.3 Å². The van der Waals surface area contributed by atoms with Crippen LogP contribution in [0.5, 0.6) is 11.5 Å². The van der Waals surface area contributed by atoms with E-state index in [-0.39, 0.29) is 17.4 Å². The van der Waals surface area contributed by atoms with Crippen LogP contribution >= 0.6 is 0 Å². The van der Waals surface area contributed by atoms with Crippen LogP contribution in [0.15, 0.2) is 79.1 Å². The summed E-state index contributed by atoms with van der Waals surface area (Å²) in [4.78, 5) is 14.8. The lowest BCUT2D eigenvalue weighted by Gasteiger charge is -2.16. The number of hydrogen-bond donors (Lipinski definition) is 0. The molecule has 5 nitrogen and oxygen atoms in total. The lowest BCUT2D eigenvalue weighted by atomic mass is 10.1. The number of halogens is 2. The summed E-state index contributed by atoms with van der Waals surface area (Å²) in [6, 6.07) is 17.8. The molecule has 1 aromatic heterocycles. The second kappa shape index (κ2) is 7.68. The van der Waals surface area contributed by atoms with E-state index in [0.717, 1.165) is 35.0 Å². The highest BCUT2D eigenvalue weighted by atomic mass is 19.1. The largest absolute Gasteiger partial charge is 0.456 e. The average molecular weight is 417 g/mol. The molecule has 1 aliphatic rings. The fraction of sp³-hybridized carbons (Fsp3) is 0.0833. The van der Waals surface area contributed by atoms with Crippen LogP contribution in [-0.4, -0.2) is 20.6 Å². The van der Waals surface area contributed by atoms with E-state index in [0.29, 0.717) is 18.7 Å². The fourth-order valence-corrected chi connectivity index (χ4v) is 3.71. The van der Waals surface area contributed by atoms with Crippen LogP contribution in [0, 0.1) is 11.6 Å². The van der Waals surface area contributed by atoms with Gasteiger partial charge >= 0.3 is 0 Å². The summed E-state index contributed by atoms with van der Waals surface area (Å²) in [5, 5.41) is 4.20. The Balaban J connectivity index is 1.36. The zero-order valence-electron chi connectivity index (χ0n) is 16.3. The van der Waals surface area contributed by atoms with Crippen LogP contribution in [0.2, 0.25) is 0 Å². The predicted molar refractivity (Wildman–Crippen MR) is 110 cm³/mol. The molecule has 0 N–H and O–H groups in total. The molecule has 31 heavy (non-hydrogen) atoms. The number of aromatic nitrogens is 2. The van der Waals surface area contributed by atoms with Crippen LogP contribution in [0.25, 0.3) is 5.69 Å². The van der Waals surface area contributed by atoms with Gasteiger partial charge in [0, 0.05) is 43.7 Å². The summed E-state index contributed by atoms with van der Waals surface area (Å²) in [5.41, 5.74) is 3.14. The molecular formula is C24H17F2N3O2. The molecule has 0 spiro atoms. The quantitative estimate of drug-likeness (QED) is 0.454. The highest BCUT2D eigenvalue weighted by molar-refractivity contribution is 6.01. The molecule has 3 aromatic carbocycles. The van der Waals surface area contributed by atoms with Gasteiger partial charge in [-0.05, 0) is 35.4 Å². The van der Waals surface area contributed by atoms with Gasteiger partial charge in [0.05, 0.1) is 11.3 Å². The van der Waals surface area contributed by atoms with Crippen molar-refractivity contribution in [2.75, 3.05) is 0 Å². The Labute approximate surface area is 177 Å². The molecule has 1 amide bonds. The first-order chi connectivity index (χ1) is 15.1. The van der Waals surface area contributed by atoms with Gasteiger partial charge in [0.2, 0.25) is 0 Å². The monoisotopic (exact) mass is 417 g/mol. The minimum Gasteiger partial charge on any atom is -0.456 e. The van der Waals surface area contributed by atoms with Gasteiger partial charge in [0.1, 0.15) is 23.1 Å². The van der Waals surface area contributed by atoms with Gasteiger partial charge in [-0.3, -0.25) is 4.79 Å². The maximum atomic E-state index is 13.5. The molecule has 0 aliphatic carbocycles. The van der Waals surface area contributed by atoms with E-state index >= 15 is 0 Å². The van der Waals surface area contributed by atoms with Crippen molar-refractivity contribution in [2.24, 2.45) is 0 Å². The van der Waals surface area contributed by atoms with Gasteiger partial charge in [-0.2, -0.15) is 5.10 Å². The average Bonchev–Trinajstić information content (AvgIpc) is 3.37. The minimum atomic E-state index is -0.742. The van der Waals surface area contributed by atoms with E-state index in [4.69, 9.17) is 4.74 Å². The highest BCUT2D eigenvalue weighted by Gasteiger charge is 2.31. The fourth-order valence-electron chi connectivity index (χ4n) is 3.71. The smallest absolute Gasteiger partial charge is 0.258 e. The van der Waals surface area contributed by atoms with E-state index in [1.54, 1.807) is 27.9 Å². The SMILES string of the molecule is O=C1c2c(cccc2Oc2cc(F)cc(F)c2)CN1Cc1ccc(-n2cccn2)cc1. The van der Waals surface area contributed by atoms with Gasteiger partial charge in [0.25, 0.3) is 5.91 Å². The van der Waals surface area contributed by atoms with E-state index < -0.39 is 11.6 Å². The Morgan fingerprint density at radius 3 is 2.45 bits per heavy atom. The molecule has 5 rings (SSSR count). The Morgan fingerprint density at radius 2 is 1.74 bits per heavy atom. The molecule has 7 heteroatoms. The molecule has 0 atom stereocenters. The molecule has 0 radical (unpaired) electrons. The Hall–Kier alpha value is -4.00. The van der Waals surface area contributed by atoms with Crippen molar-refractivity contribution in [1.29, 1.82) is 0 Å². The Morgan fingerprint density at radius 1 is 0.968 bits per heavy atom. The number of amides is 1. The zero-order chi connectivity index (χ0) is 21.4. The van der Waals surface area contributed by atoms with Crippen molar-refractivity contribution in [3.63, 3.8) is 0 Å². The third-order valence-electron chi connectivity index (χ3n) is 5.12. The topological polar surface area (TPSA) is 47.4 Å². The minimum absolute atomic E-state index is 0.00589. The third kappa shape index (κ3) is 3.77. The van der Waals surface area contributed by atoms with E-state index in [2.05, 4.69) is 5.10 Å². The maximum Gasteiger partial charge on any atom is 0.258 e.